The summed E-state index contributed by atoms with van der Waals surface area (Å²) < 4.78 is 20.1. The predicted octanol–water partition coefficient (Wildman–Crippen LogP) is 0.727. The molecule has 5 N–H and O–H groups in total. The van der Waals surface area contributed by atoms with Gasteiger partial charge in [-0.2, -0.15) is 0 Å². The second-order valence-electron chi connectivity index (χ2n) is 7.83. The van der Waals surface area contributed by atoms with E-state index in [1.807, 2.05) is 0 Å². The van der Waals surface area contributed by atoms with E-state index in [1.165, 1.54) is 22.8 Å². The van der Waals surface area contributed by atoms with E-state index in [4.69, 9.17) is 16.2 Å². The topological polar surface area (TPSA) is 148 Å². The van der Waals surface area contributed by atoms with Crippen LogP contribution in [0.25, 0.3) is 11.1 Å². The molecule has 1 fully saturated rings. The number of anilines is 1. The van der Waals surface area contributed by atoms with Gasteiger partial charge < -0.3 is 26.4 Å². The minimum atomic E-state index is -0.649. The summed E-state index contributed by atoms with van der Waals surface area (Å²) in [5, 5.41) is 2.59. The van der Waals surface area contributed by atoms with Gasteiger partial charge in [-0.15, -0.1) is 0 Å². The summed E-state index contributed by atoms with van der Waals surface area (Å²) in [6, 6.07) is 11.2. The summed E-state index contributed by atoms with van der Waals surface area (Å²) >= 11 is 0. The van der Waals surface area contributed by atoms with Crippen molar-refractivity contribution in [1.82, 2.24) is 10.2 Å². The van der Waals surface area contributed by atoms with Crippen LogP contribution in [0.15, 0.2) is 42.5 Å². The molecule has 0 radical (unpaired) electrons. The van der Waals surface area contributed by atoms with E-state index in [-0.39, 0.29) is 38.6 Å². The number of primary amides is 1. The van der Waals surface area contributed by atoms with E-state index in [0.717, 1.165) is 0 Å². The first kappa shape index (κ1) is 24.6. The fourth-order valence-corrected chi connectivity index (χ4v) is 3.56. The molecule has 0 bridgehead atoms. The average molecular weight is 471 g/mol. The highest BCUT2D eigenvalue weighted by atomic mass is 19.1. The van der Waals surface area contributed by atoms with Crippen molar-refractivity contribution in [3.63, 3.8) is 0 Å². The first-order valence-corrected chi connectivity index (χ1v) is 10.6. The molecule has 1 atom stereocenters. The minimum absolute atomic E-state index is 0.136. The van der Waals surface area contributed by atoms with Crippen molar-refractivity contribution in [1.29, 1.82) is 0 Å². The van der Waals surface area contributed by atoms with Gasteiger partial charge in [-0.3, -0.25) is 19.3 Å². The van der Waals surface area contributed by atoms with Gasteiger partial charge in [0.25, 0.3) is 0 Å². The smallest absolute Gasteiger partial charge is 0.414 e. The zero-order valence-electron chi connectivity index (χ0n) is 18.6. The lowest BCUT2D eigenvalue weighted by molar-refractivity contribution is -0.134. The van der Waals surface area contributed by atoms with Gasteiger partial charge in [-0.1, -0.05) is 24.3 Å². The van der Waals surface area contributed by atoms with E-state index in [0.29, 0.717) is 22.4 Å². The third kappa shape index (κ3) is 6.07. The summed E-state index contributed by atoms with van der Waals surface area (Å²) in [5.41, 5.74) is 12.6. The fourth-order valence-electron chi connectivity index (χ4n) is 3.56. The number of nitrogens with one attached hydrogen (secondary N) is 1. The van der Waals surface area contributed by atoms with Crippen LogP contribution in [-0.4, -0.2) is 61.0 Å². The molecular weight excluding hydrogens is 445 g/mol. The summed E-state index contributed by atoms with van der Waals surface area (Å²) in [4.78, 5) is 48.9. The molecule has 11 heteroatoms. The number of carbonyl (C=O) groups excluding carboxylic acids is 4. The highest BCUT2D eigenvalue weighted by molar-refractivity contribution is 5.90. The zero-order chi connectivity index (χ0) is 24.8. The molecule has 0 aliphatic carbocycles. The summed E-state index contributed by atoms with van der Waals surface area (Å²) in [6.07, 6.45) is -1.13. The molecule has 4 amide bonds. The summed E-state index contributed by atoms with van der Waals surface area (Å²) in [5.74, 6) is -1.83. The van der Waals surface area contributed by atoms with Crippen LogP contribution in [0.5, 0.6) is 0 Å². The Bertz CT molecular complexity index is 1090. The Hall–Kier alpha value is -3.99. The third-order valence-corrected chi connectivity index (χ3v) is 5.23. The second-order valence-corrected chi connectivity index (χ2v) is 7.83. The number of halogens is 1. The number of amides is 4. The molecule has 1 heterocycles. The Morgan fingerprint density at radius 1 is 1.21 bits per heavy atom. The van der Waals surface area contributed by atoms with E-state index in [2.05, 4.69) is 5.32 Å². The summed E-state index contributed by atoms with van der Waals surface area (Å²) in [7, 11) is 0. The van der Waals surface area contributed by atoms with Crippen LogP contribution in [0.3, 0.4) is 0 Å². The highest BCUT2D eigenvalue weighted by Crippen LogP contribution is 2.29. The van der Waals surface area contributed by atoms with Crippen molar-refractivity contribution >= 4 is 29.5 Å². The number of carbonyl (C=O) groups is 4. The van der Waals surface area contributed by atoms with Crippen molar-refractivity contribution < 1.29 is 28.3 Å². The first-order chi connectivity index (χ1) is 16.2. The normalized spacial score (nSPS) is 15.1. The van der Waals surface area contributed by atoms with Gasteiger partial charge in [-0.25, -0.2) is 9.18 Å². The minimum Gasteiger partial charge on any atom is -0.442 e. The van der Waals surface area contributed by atoms with Crippen LogP contribution >= 0.6 is 0 Å². The molecule has 180 valence electrons. The number of benzene rings is 2. The summed E-state index contributed by atoms with van der Waals surface area (Å²) in [6.45, 7) is 1.37. The second kappa shape index (κ2) is 10.8. The number of nitrogens with zero attached hydrogens (tertiary/aromatic N) is 2. The SMILES string of the molecule is CC(=O)NC[C@H]1CN(c2ccc(-c3ccc(CN(CC(N)=O)C(=O)CN)cc3)c(F)c2)C(=O)O1. The van der Waals surface area contributed by atoms with Gasteiger partial charge in [0.2, 0.25) is 17.7 Å². The Kier molecular flexibility index (Phi) is 7.79. The molecule has 0 unspecified atom stereocenters. The van der Waals surface area contributed by atoms with E-state index in [1.54, 1.807) is 36.4 Å². The molecule has 0 aromatic heterocycles. The van der Waals surface area contributed by atoms with Crippen molar-refractivity contribution in [3.8, 4) is 11.1 Å². The molecule has 1 saturated heterocycles. The lowest BCUT2D eigenvalue weighted by Crippen LogP contribution is -2.41. The van der Waals surface area contributed by atoms with Gasteiger partial charge in [0.1, 0.15) is 11.9 Å². The zero-order valence-corrected chi connectivity index (χ0v) is 18.6. The first-order valence-electron chi connectivity index (χ1n) is 10.6. The Morgan fingerprint density at radius 2 is 1.91 bits per heavy atom. The third-order valence-electron chi connectivity index (χ3n) is 5.23. The molecule has 1 aliphatic rings. The Balaban J connectivity index is 1.71. The van der Waals surface area contributed by atoms with Crippen LogP contribution < -0.4 is 21.7 Å². The number of hydrogen-bond donors (Lipinski definition) is 3. The molecule has 10 nitrogen and oxygen atoms in total. The van der Waals surface area contributed by atoms with Crippen molar-refractivity contribution in [3.05, 3.63) is 53.8 Å². The average Bonchev–Trinajstić information content (AvgIpc) is 3.17. The number of hydrogen-bond acceptors (Lipinski definition) is 6. The van der Waals surface area contributed by atoms with E-state index in [9.17, 15) is 23.6 Å². The van der Waals surface area contributed by atoms with Gasteiger partial charge in [0.05, 0.1) is 31.9 Å². The predicted molar refractivity (Wildman–Crippen MR) is 122 cm³/mol. The number of nitrogens with two attached hydrogens (primary N) is 2. The molecule has 2 aromatic rings. The Morgan fingerprint density at radius 3 is 2.50 bits per heavy atom. The van der Waals surface area contributed by atoms with Crippen LogP contribution in [0.1, 0.15) is 12.5 Å². The van der Waals surface area contributed by atoms with Gasteiger partial charge >= 0.3 is 6.09 Å². The van der Waals surface area contributed by atoms with Crippen molar-refractivity contribution in [2.45, 2.75) is 19.6 Å². The highest BCUT2D eigenvalue weighted by Gasteiger charge is 2.32. The van der Waals surface area contributed by atoms with Gasteiger partial charge in [0, 0.05) is 19.0 Å². The lowest BCUT2D eigenvalue weighted by Gasteiger charge is -2.20. The maximum Gasteiger partial charge on any atom is 0.414 e. The molecule has 3 rings (SSSR count). The standard InChI is InChI=1S/C23H26FN5O5/c1-14(30)27-10-18-12-29(23(33)34-18)17-6-7-19(20(24)8-17)16-4-2-15(3-5-16)11-28(13-21(26)31)22(32)9-25/h2-8,18H,9-13,25H2,1H3,(H2,26,31)(H,27,30)/t18-/m0/s1. The van der Waals surface area contributed by atoms with Crippen molar-refractivity contribution in [2.24, 2.45) is 11.5 Å². The van der Waals surface area contributed by atoms with Gasteiger partial charge in [-0.05, 0) is 29.3 Å². The van der Waals surface area contributed by atoms with Crippen LogP contribution in [-0.2, 0) is 25.7 Å². The Labute approximate surface area is 195 Å². The molecule has 1 aliphatic heterocycles. The van der Waals surface area contributed by atoms with Crippen LogP contribution in [0.4, 0.5) is 14.9 Å². The van der Waals surface area contributed by atoms with Crippen LogP contribution in [0.2, 0.25) is 0 Å². The van der Waals surface area contributed by atoms with Crippen molar-refractivity contribution in [2.75, 3.05) is 31.1 Å². The fraction of sp³-hybridized carbons (Fsp3) is 0.304. The molecule has 34 heavy (non-hydrogen) atoms. The largest absolute Gasteiger partial charge is 0.442 e. The molecular formula is C23H26FN5O5. The van der Waals surface area contributed by atoms with Gasteiger partial charge in [0.15, 0.2) is 0 Å². The molecule has 0 spiro atoms. The number of rotatable bonds is 9. The lowest BCUT2D eigenvalue weighted by atomic mass is 10.0. The maximum atomic E-state index is 14.9. The maximum absolute atomic E-state index is 14.9. The van der Waals surface area contributed by atoms with E-state index >= 15 is 0 Å². The number of cyclic esters (lactones) is 1. The molecule has 0 saturated carbocycles. The van der Waals surface area contributed by atoms with Crippen LogP contribution in [0, 0.1) is 5.82 Å². The molecule has 2 aromatic carbocycles. The quantitative estimate of drug-likeness (QED) is 0.491. The van der Waals surface area contributed by atoms with E-state index < -0.39 is 29.8 Å². The number of ether oxygens (including phenoxy) is 1. The monoisotopic (exact) mass is 471 g/mol.